The molecular weight excluding hydrogens is 286 g/mol. The quantitative estimate of drug-likeness (QED) is 0.628. The Hall–Kier alpha value is -0.340. The van der Waals surface area contributed by atoms with Crippen LogP contribution in [0.25, 0.3) is 0 Å². The maximum Gasteiger partial charge on any atom is 0.0236 e. The number of hydrogen-bond donors (Lipinski definition) is 0. The highest BCUT2D eigenvalue weighted by molar-refractivity contribution is 9.09. The van der Waals surface area contributed by atoms with Gasteiger partial charge < -0.3 is 0 Å². The number of nitrogens with zero attached hydrogens (tertiary/aromatic N) is 1. The van der Waals surface area contributed by atoms with E-state index in [1.165, 1.54) is 24.9 Å². The van der Waals surface area contributed by atoms with E-state index in [1.807, 2.05) is 0 Å². The van der Waals surface area contributed by atoms with Gasteiger partial charge in [-0.3, -0.25) is 4.90 Å². The monoisotopic (exact) mass is 311 g/mol. The van der Waals surface area contributed by atoms with Gasteiger partial charge in [-0.15, -0.1) is 0 Å². The fourth-order valence-corrected chi connectivity index (χ4v) is 2.70. The molecule has 0 saturated heterocycles. The molecule has 1 rings (SSSR count). The van der Waals surface area contributed by atoms with Gasteiger partial charge in [0, 0.05) is 17.9 Å². The normalized spacial score (nSPS) is 13.2. The molecule has 1 atom stereocenters. The van der Waals surface area contributed by atoms with Gasteiger partial charge in [-0.2, -0.15) is 0 Å². The fraction of sp³-hybridized carbons (Fsp3) is 0.625. The second-order valence-electron chi connectivity index (χ2n) is 5.47. The number of rotatable bonds is 8. The Labute approximate surface area is 121 Å². The van der Waals surface area contributed by atoms with Crippen LogP contribution in [0, 0.1) is 5.92 Å². The van der Waals surface area contributed by atoms with Crippen LogP contribution in [0.5, 0.6) is 0 Å². The minimum absolute atomic E-state index is 0.642. The average Bonchev–Trinajstić information content (AvgIpc) is 2.35. The molecule has 1 aromatic rings. The Bertz CT molecular complexity index is 310. The molecule has 0 N–H and O–H groups in total. The second kappa shape index (κ2) is 8.71. The second-order valence-corrected chi connectivity index (χ2v) is 6.26. The van der Waals surface area contributed by atoms with Crippen LogP contribution in [-0.2, 0) is 6.54 Å². The molecule has 0 aliphatic rings. The van der Waals surface area contributed by atoms with Crippen LogP contribution in [0.4, 0.5) is 0 Å². The molecule has 18 heavy (non-hydrogen) atoms. The lowest BCUT2D eigenvalue weighted by molar-refractivity contribution is 0.186. The van der Waals surface area contributed by atoms with Crippen molar-refractivity contribution in [2.45, 2.75) is 46.2 Å². The Morgan fingerprint density at radius 2 is 1.72 bits per heavy atom. The molecule has 0 spiro atoms. The minimum atomic E-state index is 0.642. The Balaban J connectivity index is 2.59. The van der Waals surface area contributed by atoms with E-state index < -0.39 is 0 Å². The van der Waals surface area contributed by atoms with Crippen LogP contribution in [0.2, 0.25) is 0 Å². The van der Waals surface area contributed by atoms with Gasteiger partial charge >= 0.3 is 0 Å². The molecule has 1 aromatic carbocycles. The molecule has 0 radical (unpaired) electrons. The average molecular weight is 312 g/mol. The zero-order chi connectivity index (χ0) is 13.4. The molecule has 0 aliphatic heterocycles. The third-order valence-corrected chi connectivity index (χ3v) is 3.83. The van der Waals surface area contributed by atoms with Gasteiger partial charge in [-0.1, -0.05) is 60.1 Å². The van der Waals surface area contributed by atoms with Crippen LogP contribution in [0.3, 0.4) is 0 Å². The summed E-state index contributed by atoms with van der Waals surface area (Å²) in [6.45, 7) is 9.21. The van der Waals surface area contributed by atoms with Crippen molar-refractivity contribution in [3.63, 3.8) is 0 Å². The Kier molecular flexibility index (Phi) is 7.60. The van der Waals surface area contributed by atoms with Crippen LogP contribution >= 0.6 is 15.9 Å². The van der Waals surface area contributed by atoms with Gasteiger partial charge in [0.2, 0.25) is 0 Å². The molecule has 0 heterocycles. The van der Waals surface area contributed by atoms with Gasteiger partial charge in [-0.05, 0) is 37.8 Å². The van der Waals surface area contributed by atoms with E-state index in [2.05, 4.69) is 71.9 Å². The van der Waals surface area contributed by atoms with Crippen LogP contribution in [0.1, 0.15) is 39.2 Å². The predicted molar refractivity (Wildman–Crippen MR) is 84.2 cm³/mol. The third-order valence-electron chi connectivity index (χ3n) is 3.37. The highest BCUT2D eigenvalue weighted by Gasteiger charge is 2.14. The van der Waals surface area contributed by atoms with Crippen LogP contribution < -0.4 is 0 Å². The lowest BCUT2D eigenvalue weighted by atomic mass is 10.1. The number of halogens is 1. The van der Waals surface area contributed by atoms with Crippen molar-refractivity contribution in [1.29, 1.82) is 0 Å². The van der Waals surface area contributed by atoms with Crippen molar-refractivity contribution < 1.29 is 0 Å². The van der Waals surface area contributed by atoms with Crippen LogP contribution in [-0.4, -0.2) is 22.8 Å². The first-order chi connectivity index (χ1) is 8.63. The van der Waals surface area contributed by atoms with E-state index >= 15 is 0 Å². The van der Waals surface area contributed by atoms with Gasteiger partial charge in [0.25, 0.3) is 0 Å². The number of alkyl halides is 1. The maximum absolute atomic E-state index is 3.56. The van der Waals surface area contributed by atoms with Gasteiger partial charge in [-0.25, -0.2) is 0 Å². The SMILES string of the molecule is CC(C)CCN(Cc1ccccc1)C(C)CCBr. The molecule has 2 heteroatoms. The molecule has 1 unspecified atom stereocenters. The fourth-order valence-electron chi connectivity index (χ4n) is 2.04. The Morgan fingerprint density at radius 3 is 2.28 bits per heavy atom. The van der Waals surface area contributed by atoms with Gasteiger partial charge in [0.05, 0.1) is 0 Å². The predicted octanol–water partition coefficient (Wildman–Crippen LogP) is 4.71. The first kappa shape index (κ1) is 15.7. The molecule has 0 bridgehead atoms. The maximum atomic E-state index is 3.56. The zero-order valence-corrected chi connectivity index (χ0v) is 13.5. The minimum Gasteiger partial charge on any atom is -0.296 e. The van der Waals surface area contributed by atoms with E-state index in [4.69, 9.17) is 0 Å². The highest BCUT2D eigenvalue weighted by atomic mass is 79.9. The summed E-state index contributed by atoms with van der Waals surface area (Å²) >= 11 is 3.56. The van der Waals surface area contributed by atoms with Crippen molar-refractivity contribution >= 4 is 15.9 Å². The molecule has 0 aliphatic carbocycles. The van der Waals surface area contributed by atoms with E-state index in [0.29, 0.717) is 6.04 Å². The molecule has 0 amide bonds. The van der Waals surface area contributed by atoms with E-state index in [9.17, 15) is 0 Å². The standard InChI is InChI=1S/C16H26BrN/c1-14(2)10-12-18(15(3)9-11-17)13-16-7-5-4-6-8-16/h4-8,14-15H,9-13H2,1-3H3. The largest absolute Gasteiger partial charge is 0.296 e. The highest BCUT2D eigenvalue weighted by Crippen LogP contribution is 2.14. The first-order valence-electron chi connectivity index (χ1n) is 6.97. The molecule has 0 aromatic heterocycles. The smallest absolute Gasteiger partial charge is 0.0236 e. The lowest BCUT2D eigenvalue weighted by Gasteiger charge is -2.29. The van der Waals surface area contributed by atoms with Crippen molar-refractivity contribution in [3.05, 3.63) is 35.9 Å². The molecule has 0 fully saturated rings. The summed E-state index contributed by atoms with van der Waals surface area (Å²) in [4.78, 5) is 2.61. The summed E-state index contributed by atoms with van der Waals surface area (Å²) in [5.74, 6) is 0.777. The first-order valence-corrected chi connectivity index (χ1v) is 8.09. The van der Waals surface area contributed by atoms with E-state index in [1.54, 1.807) is 0 Å². The molecular formula is C16H26BrN. The van der Waals surface area contributed by atoms with E-state index in [-0.39, 0.29) is 0 Å². The molecule has 102 valence electrons. The lowest BCUT2D eigenvalue weighted by Crippen LogP contribution is -2.34. The summed E-state index contributed by atoms with van der Waals surface area (Å²) in [6.07, 6.45) is 2.49. The van der Waals surface area contributed by atoms with Crippen LogP contribution in [0.15, 0.2) is 30.3 Å². The van der Waals surface area contributed by atoms with Crippen molar-refractivity contribution in [3.8, 4) is 0 Å². The van der Waals surface area contributed by atoms with E-state index in [0.717, 1.165) is 17.8 Å². The van der Waals surface area contributed by atoms with Crippen molar-refractivity contribution in [1.82, 2.24) is 4.90 Å². The summed E-state index contributed by atoms with van der Waals surface area (Å²) in [5, 5.41) is 1.08. The Morgan fingerprint density at radius 1 is 1.06 bits per heavy atom. The summed E-state index contributed by atoms with van der Waals surface area (Å²) in [6, 6.07) is 11.4. The number of hydrogen-bond acceptors (Lipinski definition) is 1. The van der Waals surface area contributed by atoms with Gasteiger partial charge in [0.15, 0.2) is 0 Å². The third kappa shape index (κ3) is 6.01. The summed E-state index contributed by atoms with van der Waals surface area (Å²) < 4.78 is 0. The molecule has 1 nitrogen and oxygen atoms in total. The molecule has 0 saturated carbocycles. The summed E-state index contributed by atoms with van der Waals surface area (Å²) in [7, 11) is 0. The topological polar surface area (TPSA) is 3.24 Å². The van der Waals surface area contributed by atoms with Crippen molar-refractivity contribution in [2.24, 2.45) is 5.92 Å². The summed E-state index contributed by atoms with van der Waals surface area (Å²) in [5.41, 5.74) is 1.42. The van der Waals surface area contributed by atoms with Crippen molar-refractivity contribution in [2.75, 3.05) is 11.9 Å². The zero-order valence-electron chi connectivity index (χ0n) is 11.9. The number of benzene rings is 1. The van der Waals surface area contributed by atoms with Gasteiger partial charge in [0.1, 0.15) is 0 Å².